The van der Waals surface area contributed by atoms with Crippen LogP contribution in [-0.2, 0) is 6.42 Å². The summed E-state index contributed by atoms with van der Waals surface area (Å²) in [7, 11) is 0. The quantitative estimate of drug-likeness (QED) is 0.454. The van der Waals surface area contributed by atoms with Gasteiger partial charge < -0.3 is 20.7 Å². The zero-order chi connectivity index (χ0) is 19.0. The fourth-order valence-electron chi connectivity index (χ4n) is 3.39. The Labute approximate surface area is 158 Å². The van der Waals surface area contributed by atoms with Crippen molar-refractivity contribution in [2.45, 2.75) is 77.2 Å². The number of benzene rings is 1. The van der Waals surface area contributed by atoms with Gasteiger partial charge in [-0.2, -0.15) is 0 Å². The summed E-state index contributed by atoms with van der Waals surface area (Å²) in [6.07, 6.45) is 9.44. The maximum Gasteiger partial charge on any atom is 0.122 e. The molecule has 4 heteroatoms. The first-order valence-corrected chi connectivity index (χ1v) is 10.3. The van der Waals surface area contributed by atoms with Crippen LogP contribution >= 0.6 is 0 Å². The smallest absolute Gasteiger partial charge is 0.122 e. The van der Waals surface area contributed by atoms with Crippen LogP contribution in [0.3, 0.4) is 0 Å². The second-order valence-electron chi connectivity index (χ2n) is 8.55. The van der Waals surface area contributed by atoms with Crippen LogP contribution in [0.4, 0.5) is 0 Å². The van der Waals surface area contributed by atoms with Crippen LogP contribution in [0, 0.1) is 11.8 Å². The van der Waals surface area contributed by atoms with Crippen LogP contribution in [0.2, 0.25) is 0 Å². The lowest BCUT2D eigenvalue weighted by Crippen LogP contribution is -2.44. The largest absolute Gasteiger partial charge is 0.508 e. The van der Waals surface area contributed by atoms with Crippen molar-refractivity contribution >= 4 is 0 Å². The molecule has 0 aliphatic heterocycles. The van der Waals surface area contributed by atoms with Gasteiger partial charge in [-0.1, -0.05) is 52.0 Å². The summed E-state index contributed by atoms with van der Waals surface area (Å²) in [5.41, 5.74) is 6.67. The molecule has 0 heterocycles. The van der Waals surface area contributed by atoms with Crippen LogP contribution in [0.5, 0.6) is 11.5 Å². The molecule has 0 aromatic heterocycles. The van der Waals surface area contributed by atoms with Crippen molar-refractivity contribution in [3.63, 3.8) is 0 Å². The summed E-state index contributed by atoms with van der Waals surface area (Å²) in [6.45, 7) is 5.20. The average Bonchev–Trinajstić information content (AvgIpc) is 3.40. The van der Waals surface area contributed by atoms with Crippen molar-refractivity contribution in [2.24, 2.45) is 17.6 Å². The molecule has 1 aliphatic rings. The summed E-state index contributed by atoms with van der Waals surface area (Å²) in [6, 6.07) is 5.53. The van der Waals surface area contributed by atoms with Crippen LogP contribution in [0.25, 0.3) is 0 Å². The summed E-state index contributed by atoms with van der Waals surface area (Å²) >= 11 is 0. The zero-order valence-electron chi connectivity index (χ0n) is 16.5. The van der Waals surface area contributed by atoms with E-state index in [9.17, 15) is 10.2 Å². The fourth-order valence-corrected chi connectivity index (χ4v) is 3.39. The van der Waals surface area contributed by atoms with E-state index in [0.29, 0.717) is 31.1 Å². The highest BCUT2D eigenvalue weighted by Gasteiger charge is 2.33. The minimum atomic E-state index is -0.529. The third-order valence-electron chi connectivity index (χ3n) is 5.35. The van der Waals surface area contributed by atoms with Gasteiger partial charge in [-0.3, -0.25) is 0 Å². The molecule has 0 bridgehead atoms. The minimum Gasteiger partial charge on any atom is -0.508 e. The SMILES string of the molecule is CC(C)CCCCCOc1ccc(CC[C@@](N)(CO)CC2CC2)c(O)c1. The number of aromatic hydroxyl groups is 1. The van der Waals surface area contributed by atoms with E-state index in [1.54, 1.807) is 6.07 Å². The number of hydrogen-bond acceptors (Lipinski definition) is 4. The molecule has 1 aliphatic carbocycles. The number of aryl methyl sites for hydroxylation is 1. The van der Waals surface area contributed by atoms with Gasteiger partial charge in [0.05, 0.1) is 13.2 Å². The second kappa shape index (κ2) is 10.2. The van der Waals surface area contributed by atoms with Gasteiger partial charge in [0.25, 0.3) is 0 Å². The Morgan fingerprint density at radius 3 is 2.62 bits per heavy atom. The first-order chi connectivity index (χ1) is 12.4. The second-order valence-corrected chi connectivity index (χ2v) is 8.55. The van der Waals surface area contributed by atoms with E-state index < -0.39 is 5.54 Å². The van der Waals surface area contributed by atoms with Gasteiger partial charge in [0.2, 0.25) is 0 Å². The summed E-state index contributed by atoms with van der Waals surface area (Å²) in [5.74, 6) is 2.42. The van der Waals surface area contributed by atoms with Crippen molar-refractivity contribution < 1.29 is 14.9 Å². The van der Waals surface area contributed by atoms with Crippen molar-refractivity contribution in [2.75, 3.05) is 13.2 Å². The molecule has 1 atom stereocenters. The number of unbranched alkanes of at least 4 members (excludes halogenated alkanes) is 2. The van der Waals surface area contributed by atoms with Crippen molar-refractivity contribution in [3.05, 3.63) is 23.8 Å². The molecule has 1 aromatic rings. The van der Waals surface area contributed by atoms with Gasteiger partial charge >= 0.3 is 0 Å². The molecule has 0 radical (unpaired) electrons. The van der Waals surface area contributed by atoms with Gasteiger partial charge in [-0.05, 0) is 49.1 Å². The van der Waals surface area contributed by atoms with E-state index in [1.807, 2.05) is 12.1 Å². The molecule has 1 fully saturated rings. The number of phenols is 1. The monoisotopic (exact) mass is 363 g/mol. The zero-order valence-corrected chi connectivity index (χ0v) is 16.5. The van der Waals surface area contributed by atoms with Gasteiger partial charge in [0.15, 0.2) is 0 Å². The number of rotatable bonds is 13. The van der Waals surface area contributed by atoms with E-state index in [2.05, 4.69) is 13.8 Å². The maximum absolute atomic E-state index is 10.3. The number of hydrogen-bond donors (Lipinski definition) is 3. The Kier molecular flexibility index (Phi) is 8.23. The van der Waals surface area contributed by atoms with E-state index in [1.165, 1.54) is 32.1 Å². The molecule has 0 unspecified atom stereocenters. The molecule has 0 spiro atoms. The van der Waals surface area contributed by atoms with Gasteiger partial charge in [-0.25, -0.2) is 0 Å². The van der Waals surface area contributed by atoms with Crippen LogP contribution < -0.4 is 10.5 Å². The highest BCUT2D eigenvalue weighted by molar-refractivity contribution is 5.39. The first-order valence-electron chi connectivity index (χ1n) is 10.3. The Bertz CT molecular complexity index is 542. The Balaban J connectivity index is 1.73. The van der Waals surface area contributed by atoms with E-state index >= 15 is 0 Å². The molecule has 0 amide bonds. The van der Waals surface area contributed by atoms with Crippen LogP contribution in [0.15, 0.2) is 18.2 Å². The molecule has 2 rings (SSSR count). The molecule has 1 saturated carbocycles. The van der Waals surface area contributed by atoms with Gasteiger partial charge in [-0.15, -0.1) is 0 Å². The number of phenolic OH excluding ortho intramolecular Hbond substituents is 1. The lowest BCUT2D eigenvalue weighted by atomic mass is 9.87. The third-order valence-corrected chi connectivity index (χ3v) is 5.35. The number of ether oxygens (including phenoxy) is 1. The fraction of sp³-hybridized carbons (Fsp3) is 0.727. The molecule has 4 nitrogen and oxygen atoms in total. The van der Waals surface area contributed by atoms with E-state index in [0.717, 1.165) is 24.3 Å². The van der Waals surface area contributed by atoms with Crippen molar-refractivity contribution in [1.29, 1.82) is 0 Å². The maximum atomic E-state index is 10.3. The number of nitrogens with two attached hydrogens (primary N) is 1. The van der Waals surface area contributed by atoms with Crippen molar-refractivity contribution in [3.8, 4) is 11.5 Å². The molecule has 148 valence electrons. The highest BCUT2D eigenvalue weighted by atomic mass is 16.5. The predicted molar refractivity (Wildman–Crippen MR) is 107 cm³/mol. The standard InChI is InChI=1S/C22H37NO3/c1-17(2)6-4-3-5-13-26-20-10-9-19(21(25)14-20)11-12-22(23,16-24)15-18-7-8-18/h9-10,14,17-18,24-25H,3-8,11-13,15-16,23H2,1-2H3/t22-/m0/s1. The normalized spacial score (nSPS) is 16.7. The molecule has 0 saturated heterocycles. The van der Waals surface area contributed by atoms with Gasteiger partial charge in [0, 0.05) is 11.6 Å². The lowest BCUT2D eigenvalue weighted by molar-refractivity contribution is 0.172. The number of aliphatic hydroxyl groups is 1. The van der Waals surface area contributed by atoms with Crippen molar-refractivity contribution in [1.82, 2.24) is 0 Å². The molecule has 4 N–H and O–H groups in total. The summed E-state index contributed by atoms with van der Waals surface area (Å²) in [5, 5.41) is 19.9. The topological polar surface area (TPSA) is 75.7 Å². The lowest BCUT2D eigenvalue weighted by Gasteiger charge is -2.27. The molecule has 1 aromatic carbocycles. The van der Waals surface area contributed by atoms with E-state index in [-0.39, 0.29) is 12.4 Å². The minimum absolute atomic E-state index is 0.00225. The summed E-state index contributed by atoms with van der Waals surface area (Å²) in [4.78, 5) is 0. The van der Waals surface area contributed by atoms with Gasteiger partial charge in [0.1, 0.15) is 11.5 Å². The average molecular weight is 364 g/mol. The Hall–Kier alpha value is -1.26. The molecular formula is C22H37NO3. The summed E-state index contributed by atoms with van der Waals surface area (Å²) < 4.78 is 5.75. The Morgan fingerprint density at radius 2 is 2.00 bits per heavy atom. The first kappa shape index (κ1) is 21.0. The van der Waals surface area contributed by atoms with Crippen LogP contribution in [-0.4, -0.2) is 29.0 Å². The van der Waals surface area contributed by atoms with E-state index in [4.69, 9.17) is 10.5 Å². The molecule has 26 heavy (non-hydrogen) atoms. The highest BCUT2D eigenvalue weighted by Crippen LogP contribution is 2.37. The molecular weight excluding hydrogens is 326 g/mol. The third kappa shape index (κ3) is 7.55. The van der Waals surface area contributed by atoms with Crippen LogP contribution in [0.1, 0.15) is 70.8 Å². The predicted octanol–water partition coefficient (Wildman–Crippen LogP) is 4.41. The number of aliphatic hydroxyl groups excluding tert-OH is 1. The Morgan fingerprint density at radius 1 is 1.23 bits per heavy atom.